The van der Waals surface area contributed by atoms with E-state index in [1.54, 1.807) is 0 Å². The molecule has 164 valence electrons. The van der Waals surface area contributed by atoms with Crippen LogP contribution in [0, 0.1) is 5.95 Å². The molecular formula is C22H20Cl2F3N3O. The van der Waals surface area contributed by atoms with Gasteiger partial charge in [-0.1, -0.05) is 41.4 Å². The lowest BCUT2D eigenvalue weighted by Crippen LogP contribution is -2.34. The summed E-state index contributed by atoms with van der Waals surface area (Å²) in [7, 11) is 1.21. The van der Waals surface area contributed by atoms with Crippen molar-refractivity contribution in [2.24, 2.45) is 7.05 Å². The molecule has 2 atom stereocenters. The normalized spacial score (nSPS) is 21.7. The molecule has 0 spiro atoms. The zero-order valence-corrected chi connectivity index (χ0v) is 18.2. The minimum absolute atomic E-state index is 0.0984. The fourth-order valence-corrected chi connectivity index (χ4v) is 5.75. The fraction of sp³-hybridized carbons (Fsp3) is 0.455. The number of aromatic nitrogens is 2. The number of hydrogen-bond acceptors (Lipinski definition) is 2. The minimum Gasteiger partial charge on any atom is -0.331 e. The minimum atomic E-state index is -3.04. The topological polar surface area (TPSA) is 38.1 Å². The molecule has 0 N–H and O–H groups in total. The Kier molecular flexibility index (Phi) is 5.09. The van der Waals surface area contributed by atoms with E-state index in [9.17, 15) is 18.0 Å². The monoisotopic (exact) mass is 469 g/mol. The first-order chi connectivity index (χ1) is 14.8. The van der Waals surface area contributed by atoms with Crippen molar-refractivity contribution >= 4 is 29.1 Å². The molecule has 4 nitrogen and oxygen atoms in total. The van der Waals surface area contributed by atoms with Crippen LogP contribution in [-0.4, -0.2) is 26.6 Å². The Labute approximate surface area is 187 Å². The summed E-state index contributed by atoms with van der Waals surface area (Å²) in [6.45, 7) is 0.222. The molecule has 1 aromatic carbocycles. The highest BCUT2D eigenvalue weighted by Gasteiger charge is 2.45. The third-order valence-corrected chi connectivity index (χ3v) is 7.12. The largest absolute Gasteiger partial charge is 0.331 e. The van der Waals surface area contributed by atoms with Crippen LogP contribution in [0.25, 0.3) is 0 Å². The summed E-state index contributed by atoms with van der Waals surface area (Å²) < 4.78 is 42.5. The highest BCUT2D eigenvalue weighted by molar-refractivity contribution is 6.56. The van der Waals surface area contributed by atoms with Gasteiger partial charge in [-0.05, 0) is 47.9 Å². The van der Waals surface area contributed by atoms with Crippen LogP contribution in [-0.2, 0) is 13.6 Å². The van der Waals surface area contributed by atoms with Gasteiger partial charge < -0.3 is 4.90 Å². The second-order valence-electron chi connectivity index (χ2n) is 8.46. The number of rotatable bonds is 5. The number of benzene rings is 1. The molecule has 3 aliphatic rings. The Morgan fingerprint density at radius 3 is 2.58 bits per heavy atom. The molecular weight excluding hydrogens is 450 g/mol. The van der Waals surface area contributed by atoms with Gasteiger partial charge in [0, 0.05) is 31.5 Å². The molecule has 1 aromatic heterocycles. The summed E-state index contributed by atoms with van der Waals surface area (Å²) in [5, 5.41) is 3.53. The van der Waals surface area contributed by atoms with E-state index in [0.717, 1.165) is 47.9 Å². The molecule has 2 fully saturated rings. The van der Waals surface area contributed by atoms with E-state index in [2.05, 4.69) is 11.2 Å². The van der Waals surface area contributed by atoms with E-state index in [4.69, 9.17) is 23.2 Å². The maximum atomic E-state index is 14.6. The van der Waals surface area contributed by atoms with E-state index < -0.39 is 29.5 Å². The quantitative estimate of drug-likeness (QED) is 0.541. The first-order valence-corrected chi connectivity index (χ1v) is 11.0. The van der Waals surface area contributed by atoms with Crippen LogP contribution < -0.4 is 0 Å². The molecule has 0 saturated heterocycles. The maximum Gasteiger partial charge on any atom is 0.283 e. The third-order valence-electron chi connectivity index (χ3n) is 6.68. The smallest absolute Gasteiger partial charge is 0.283 e. The van der Waals surface area contributed by atoms with Crippen LogP contribution in [0.5, 0.6) is 0 Å². The van der Waals surface area contributed by atoms with Gasteiger partial charge in [0.25, 0.3) is 12.3 Å². The first kappa shape index (κ1) is 20.9. The van der Waals surface area contributed by atoms with Gasteiger partial charge in [-0.15, -0.1) is 0 Å². The fourth-order valence-electron chi connectivity index (χ4n) is 5.23. The molecule has 2 aromatic rings. The zero-order chi connectivity index (χ0) is 22.0. The van der Waals surface area contributed by atoms with E-state index in [1.165, 1.54) is 11.9 Å². The zero-order valence-electron chi connectivity index (χ0n) is 16.7. The van der Waals surface area contributed by atoms with Crippen LogP contribution in [0.4, 0.5) is 13.2 Å². The lowest BCUT2D eigenvalue weighted by atomic mass is 9.88. The number of alkyl halides is 2. The molecule has 2 bridgehead atoms. The van der Waals surface area contributed by atoms with Gasteiger partial charge in [-0.3, -0.25) is 4.79 Å². The van der Waals surface area contributed by atoms with E-state index in [-0.39, 0.29) is 24.4 Å². The SMILES string of the molecule is Cn1nc(C(F)F)c(C(=O)N(Cc2cccc3c2C2CCC3C2=C(Cl)Cl)C2CC2)c1F. The van der Waals surface area contributed by atoms with E-state index >= 15 is 0 Å². The van der Waals surface area contributed by atoms with Crippen molar-refractivity contribution in [2.45, 2.75) is 56.5 Å². The van der Waals surface area contributed by atoms with E-state index in [1.807, 2.05) is 12.1 Å². The molecule has 3 aliphatic carbocycles. The van der Waals surface area contributed by atoms with Crippen molar-refractivity contribution in [2.75, 3.05) is 0 Å². The number of amides is 1. The third kappa shape index (κ3) is 3.28. The molecule has 2 unspecified atom stereocenters. The molecule has 9 heteroatoms. The number of nitrogens with zero attached hydrogens (tertiary/aromatic N) is 3. The lowest BCUT2D eigenvalue weighted by Gasteiger charge is -2.26. The number of fused-ring (bicyclic) bond motifs is 5. The van der Waals surface area contributed by atoms with Gasteiger partial charge in [-0.25, -0.2) is 13.5 Å². The summed E-state index contributed by atoms with van der Waals surface area (Å²) >= 11 is 12.4. The van der Waals surface area contributed by atoms with E-state index in [0.29, 0.717) is 9.17 Å². The van der Waals surface area contributed by atoms with Crippen LogP contribution in [0.2, 0.25) is 0 Å². The van der Waals surface area contributed by atoms with Crippen molar-refractivity contribution < 1.29 is 18.0 Å². The number of halogens is 5. The average Bonchev–Trinajstić information content (AvgIpc) is 3.29. The lowest BCUT2D eigenvalue weighted by molar-refractivity contribution is 0.0711. The summed E-state index contributed by atoms with van der Waals surface area (Å²) in [5.41, 5.74) is 2.78. The van der Waals surface area contributed by atoms with Gasteiger partial charge in [0.2, 0.25) is 5.95 Å². The van der Waals surface area contributed by atoms with Crippen molar-refractivity contribution in [3.8, 4) is 0 Å². The summed E-state index contributed by atoms with van der Waals surface area (Å²) in [5.74, 6) is -1.50. The van der Waals surface area contributed by atoms with Gasteiger partial charge in [-0.2, -0.15) is 9.49 Å². The molecule has 1 amide bonds. The van der Waals surface area contributed by atoms with Crippen molar-refractivity contribution in [3.05, 3.63) is 62.2 Å². The Balaban J connectivity index is 1.53. The highest BCUT2D eigenvalue weighted by atomic mass is 35.5. The van der Waals surface area contributed by atoms with Crippen LogP contribution >= 0.6 is 23.2 Å². The van der Waals surface area contributed by atoms with Crippen molar-refractivity contribution in [3.63, 3.8) is 0 Å². The molecule has 31 heavy (non-hydrogen) atoms. The molecule has 0 aliphatic heterocycles. The standard InChI is InChI=1S/C22H20Cl2F3N3O/c1-29-21(27)17(18(28-29)20(25)26)22(31)30(11-5-6-11)9-10-3-2-4-12-13-7-8-14(15(10)12)16(13)19(23)24/h2-4,11,13-14,20H,5-9H2,1H3. The first-order valence-electron chi connectivity index (χ1n) is 10.3. The predicted octanol–water partition coefficient (Wildman–Crippen LogP) is 5.97. The number of carbonyl (C=O) groups excluding carboxylic acids is 1. The summed E-state index contributed by atoms with van der Waals surface area (Å²) in [4.78, 5) is 14.8. The number of allylic oxidation sites excluding steroid dienone is 1. The van der Waals surface area contributed by atoms with Gasteiger partial charge in [0.05, 0.1) is 0 Å². The van der Waals surface area contributed by atoms with Crippen molar-refractivity contribution in [1.82, 2.24) is 14.7 Å². The average molecular weight is 470 g/mol. The number of hydrogen-bond donors (Lipinski definition) is 0. The summed E-state index contributed by atoms with van der Waals surface area (Å²) in [6.07, 6.45) is 0.390. The summed E-state index contributed by atoms with van der Waals surface area (Å²) in [6, 6.07) is 5.83. The van der Waals surface area contributed by atoms with Crippen LogP contribution in [0.3, 0.4) is 0 Å². The molecule has 5 rings (SSSR count). The second kappa shape index (κ2) is 7.55. The Hall–Kier alpha value is -1.99. The van der Waals surface area contributed by atoms with Crippen LogP contribution in [0.15, 0.2) is 28.3 Å². The highest BCUT2D eigenvalue weighted by Crippen LogP contribution is 2.59. The number of carbonyl (C=O) groups is 1. The number of aryl methyl sites for hydroxylation is 1. The van der Waals surface area contributed by atoms with Crippen molar-refractivity contribution in [1.29, 1.82) is 0 Å². The van der Waals surface area contributed by atoms with Gasteiger partial charge in [0.1, 0.15) is 15.7 Å². The van der Waals surface area contributed by atoms with Gasteiger partial charge >= 0.3 is 0 Å². The Morgan fingerprint density at radius 1 is 1.23 bits per heavy atom. The second-order valence-corrected chi connectivity index (χ2v) is 9.41. The molecule has 1 heterocycles. The Morgan fingerprint density at radius 2 is 1.94 bits per heavy atom. The Bertz CT molecular complexity index is 1110. The van der Waals surface area contributed by atoms with Crippen LogP contribution in [0.1, 0.15) is 76.7 Å². The van der Waals surface area contributed by atoms with Gasteiger partial charge in [0.15, 0.2) is 0 Å². The maximum absolute atomic E-state index is 14.6. The molecule has 0 radical (unpaired) electrons. The molecule has 2 saturated carbocycles. The predicted molar refractivity (Wildman–Crippen MR) is 111 cm³/mol.